The van der Waals surface area contributed by atoms with Crippen LogP contribution in [0, 0.1) is 5.82 Å². The number of halogens is 3. The first-order valence-corrected chi connectivity index (χ1v) is 12.2. The Labute approximate surface area is 180 Å². The van der Waals surface area contributed by atoms with Gasteiger partial charge in [-0.05, 0) is 41.8 Å². The van der Waals surface area contributed by atoms with Crippen LogP contribution in [0.2, 0.25) is 10.0 Å². The molecule has 0 aliphatic carbocycles. The summed E-state index contributed by atoms with van der Waals surface area (Å²) in [4.78, 5) is -0.325. The summed E-state index contributed by atoms with van der Waals surface area (Å²) >= 11 is 12.9. The summed E-state index contributed by atoms with van der Waals surface area (Å²) in [5.41, 5.74) is 4.74. The van der Waals surface area contributed by atoms with Gasteiger partial charge in [-0.25, -0.2) is 21.2 Å². The highest BCUT2D eigenvalue weighted by molar-refractivity contribution is 7.94. The number of anilines is 3. The Morgan fingerprint density at radius 2 is 1.48 bits per heavy atom. The predicted octanol–water partition coefficient (Wildman–Crippen LogP) is 4.38. The molecule has 29 heavy (non-hydrogen) atoms. The highest BCUT2D eigenvalue weighted by Crippen LogP contribution is 2.35. The summed E-state index contributed by atoms with van der Waals surface area (Å²) in [6, 6.07) is 8.11. The molecule has 154 valence electrons. The van der Waals surface area contributed by atoms with Crippen LogP contribution in [0.4, 0.5) is 21.5 Å². The molecule has 0 fully saturated rings. The van der Waals surface area contributed by atoms with Crippen molar-refractivity contribution in [3.05, 3.63) is 63.7 Å². The fraction of sp³-hybridized carbons (Fsp3) is 0. The molecule has 0 unspecified atom stereocenters. The van der Waals surface area contributed by atoms with Crippen LogP contribution in [0.3, 0.4) is 0 Å². The molecular formula is C16H12Cl2FN3O4S3. The molecule has 13 heteroatoms. The maximum Gasteiger partial charge on any atom is 0.271 e. The Morgan fingerprint density at radius 1 is 0.897 bits per heavy atom. The van der Waals surface area contributed by atoms with Crippen molar-refractivity contribution in [3.63, 3.8) is 0 Å². The van der Waals surface area contributed by atoms with Crippen molar-refractivity contribution in [2.45, 2.75) is 9.10 Å². The topological polar surface area (TPSA) is 118 Å². The molecule has 4 N–H and O–H groups in total. The molecule has 3 aromatic rings. The number of nitrogens with one attached hydrogen (secondary N) is 2. The van der Waals surface area contributed by atoms with E-state index in [9.17, 15) is 21.2 Å². The third-order valence-electron chi connectivity index (χ3n) is 3.59. The maximum absolute atomic E-state index is 13.3. The standard InChI is InChI=1S/C16H12Cl2FN3O4S3/c17-10-7-14(21-28(23,24)9-3-4-12(19)13(20)6-9)15(8-11(10)18)22-29(25,26)16-2-1-5-27-16/h1-8,21-22H,20H2. The monoisotopic (exact) mass is 495 g/mol. The molecule has 1 heterocycles. The van der Waals surface area contributed by atoms with Crippen molar-refractivity contribution in [3.8, 4) is 0 Å². The Kier molecular flexibility index (Phi) is 5.97. The minimum Gasteiger partial charge on any atom is -0.396 e. The lowest BCUT2D eigenvalue weighted by atomic mass is 10.3. The van der Waals surface area contributed by atoms with Gasteiger partial charge in [0, 0.05) is 0 Å². The van der Waals surface area contributed by atoms with Crippen molar-refractivity contribution in [1.82, 2.24) is 0 Å². The Bertz CT molecular complexity index is 1280. The van der Waals surface area contributed by atoms with Crippen molar-refractivity contribution >= 4 is 71.6 Å². The third kappa shape index (κ3) is 4.75. The van der Waals surface area contributed by atoms with Crippen molar-refractivity contribution < 1.29 is 21.2 Å². The van der Waals surface area contributed by atoms with Crippen LogP contribution in [0.5, 0.6) is 0 Å². The van der Waals surface area contributed by atoms with Crippen molar-refractivity contribution in [1.29, 1.82) is 0 Å². The molecule has 0 atom stereocenters. The van der Waals surface area contributed by atoms with Crippen LogP contribution < -0.4 is 15.2 Å². The highest BCUT2D eigenvalue weighted by Gasteiger charge is 2.22. The van der Waals surface area contributed by atoms with E-state index in [0.29, 0.717) is 0 Å². The minimum absolute atomic E-state index is 0.00419. The zero-order chi connectivity index (χ0) is 21.4. The zero-order valence-electron chi connectivity index (χ0n) is 14.2. The predicted molar refractivity (Wildman–Crippen MR) is 113 cm³/mol. The molecule has 0 amide bonds. The van der Waals surface area contributed by atoms with E-state index in [-0.39, 0.29) is 36.2 Å². The smallest absolute Gasteiger partial charge is 0.271 e. The number of hydrogen-bond acceptors (Lipinski definition) is 6. The van der Waals surface area contributed by atoms with Gasteiger partial charge in [-0.1, -0.05) is 29.3 Å². The van der Waals surface area contributed by atoms with Crippen LogP contribution in [0.25, 0.3) is 0 Å². The van der Waals surface area contributed by atoms with Gasteiger partial charge < -0.3 is 5.73 Å². The van der Waals surface area contributed by atoms with E-state index in [1.807, 2.05) is 0 Å². The first-order chi connectivity index (χ1) is 13.5. The third-order valence-corrected chi connectivity index (χ3v) is 8.44. The van der Waals surface area contributed by atoms with Crippen molar-refractivity contribution in [2.75, 3.05) is 15.2 Å². The second kappa shape index (κ2) is 8.00. The first-order valence-electron chi connectivity index (χ1n) is 7.63. The molecule has 0 saturated carbocycles. The lowest BCUT2D eigenvalue weighted by molar-refractivity contribution is 0.598. The number of benzene rings is 2. The van der Waals surface area contributed by atoms with E-state index < -0.39 is 25.9 Å². The van der Waals surface area contributed by atoms with E-state index in [1.165, 1.54) is 12.1 Å². The van der Waals surface area contributed by atoms with Gasteiger partial charge >= 0.3 is 0 Å². The number of thiophene rings is 1. The SMILES string of the molecule is Nc1cc(S(=O)(=O)Nc2cc(Cl)c(Cl)cc2NS(=O)(=O)c2cccs2)ccc1F. The van der Waals surface area contributed by atoms with E-state index in [2.05, 4.69) is 9.44 Å². The second-order valence-electron chi connectivity index (χ2n) is 5.64. The van der Waals surface area contributed by atoms with E-state index >= 15 is 0 Å². The Hall–Kier alpha value is -2.05. The number of nitrogen functional groups attached to an aromatic ring is 1. The summed E-state index contributed by atoms with van der Waals surface area (Å²) < 4.78 is 68.2. The summed E-state index contributed by atoms with van der Waals surface area (Å²) in [7, 11) is -8.24. The average molecular weight is 496 g/mol. The van der Waals surface area contributed by atoms with Gasteiger partial charge in [-0.3, -0.25) is 9.44 Å². The lowest BCUT2D eigenvalue weighted by Gasteiger charge is -2.15. The molecule has 0 aliphatic rings. The van der Waals surface area contributed by atoms with E-state index in [4.69, 9.17) is 28.9 Å². The van der Waals surface area contributed by atoms with Crippen LogP contribution >= 0.6 is 34.5 Å². The summed E-state index contributed by atoms with van der Waals surface area (Å²) in [6.45, 7) is 0. The first kappa shape index (κ1) is 21.7. The van der Waals surface area contributed by atoms with E-state index in [0.717, 1.165) is 35.6 Å². The number of nitrogens with two attached hydrogens (primary N) is 1. The highest BCUT2D eigenvalue weighted by atomic mass is 35.5. The molecule has 3 rings (SSSR count). The van der Waals surface area contributed by atoms with Crippen LogP contribution in [0.15, 0.2) is 56.9 Å². The molecular weight excluding hydrogens is 484 g/mol. The van der Waals surface area contributed by atoms with Gasteiger partial charge in [0.05, 0.1) is 32.0 Å². The van der Waals surface area contributed by atoms with Gasteiger partial charge in [-0.15, -0.1) is 11.3 Å². The van der Waals surface area contributed by atoms with Crippen molar-refractivity contribution in [2.24, 2.45) is 0 Å². The maximum atomic E-state index is 13.3. The fourth-order valence-electron chi connectivity index (χ4n) is 2.22. The number of sulfonamides is 2. The number of hydrogen-bond donors (Lipinski definition) is 3. The Balaban J connectivity index is 2.03. The normalized spacial score (nSPS) is 12.0. The molecule has 0 aliphatic heterocycles. The summed E-state index contributed by atoms with van der Waals surface area (Å²) in [5.74, 6) is -0.775. The molecule has 7 nitrogen and oxygen atoms in total. The molecule has 1 aromatic heterocycles. The van der Waals surface area contributed by atoms with Crippen LogP contribution in [-0.2, 0) is 20.0 Å². The molecule has 2 aromatic carbocycles. The van der Waals surface area contributed by atoms with E-state index in [1.54, 1.807) is 11.4 Å². The average Bonchev–Trinajstić information content (AvgIpc) is 3.17. The van der Waals surface area contributed by atoms with Crippen LogP contribution in [-0.4, -0.2) is 16.8 Å². The molecule has 0 radical (unpaired) electrons. The minimum atomic E-state index is -4.24. The molecule has 0 spiro atoms. The van der Waals surface area contributed by atoms with Gasteiger partial charge in [0.15, 0.2) is 0 Å². The zero-order valence-corrected chi connectivity index (χ0v) is 18.1. The summed E-state index contributed by atoms with van der Waals surface area (Å²) in [6.07, 6.45) is 0. The molecule has 0 bridgehead atoms. The lowest BCUT2D eigenvalue weighted by Crippen LogP contribution is -2.17. The van der Waals surface area contributed by atoms with Gasteiger partial charge in [0.2, 0.25) is 0 Å². The van der Waals surface area contributed by atoms with Gasteiger partial charge in [-0.2, -0.15) is 0 Å². The fourth-order valence-corrected chi connectivity index (χ4v) is 5.72. The largest absolute Gasteiger partial charge is 0.396 e. The summed E-state index contributed by atoms with van der Waals surface area (Å²) in [5, 5.41) is 1.57. The van der Waals surface area contributed by atoms with Gasteiger partial charge in [0.25, 0.3) is 20.0 Å². The second-order valence-corrected chi connectivity index (χ2v) is 11.0. The number of rotatable bonds is 6. The van der Waals surface area contributed by atoms with Gasteiger partial charge in [0.1, 0.15) is 10.0 Å². The van der Waals surface area contributed by atoms with Crippen LogP contribution in [0.1, 0.15) is 0 Å². The quantitative estimate of drug-likeness (QED) is 0.438. The molecule has 0 saturated heterocycles. The Morgan fingerprint density at radius 3 is 2.00 bits per heavy atom.